The molecule has 2 heterocycles. The van der Waals surface area contributed by atoms with E-state index in [1.54, 1.807) is 7.11 Å². The van der Waals surface area contributed by atoms with Gasteiger partial charge in [0.15, 0.2) is 5.96 Å². The first kappa shape index (κ1) is 26.9. The number of aliphatic imine (C=N–C) groups is 1. The van der Waals surface area contributed by atoms with Gasteiger partial charge in [0.1, 0.15) is 0 Å². The Balaban J connectivity index is 0.00000420. The quantitative estimate of drug-likeness (QED) is 0.204. The van der Waals surface area contributed by atoms with E-state index < -0.39 is 0 Å². The number of nitrogens with zero attached hydrogens (tertiary/aromatic N) is 4. The summed E-state index contributed by atoms with van der Waals surface area (Å²) in [4.78, 5) is 12.4. The summed E-state index contributed by atoms with van der Waals surface area (Å²) in [7, 11) is 3.95. The van der Waals surface area contributed by atoms with Gasteiger partial charge in [-0.25, -0.2) is 0 Å². The molecule has 0 radical (unpaired) electrons. The summed E-state index contributed by atoms with van der Waals surface area (Å²) in [5.74, 6) is 1.66. The summed E-state index contributed by atoms with van der Waals surface area (Å²) < 4.78 is 11.1. The molecule has 0 bridgehead atoms. The fourth-order valence-electron chi connectivity index (χ4n) is 3.88. The molecule has 2 fully saturated rings. The van der Waals surface area contributed by atoms with Gasteiger partial charge < -0.3 is 29.5 Å². The minimum atomic E-state index is 0. The van der Waals surface area contributed by atoms with Crippen LogP contribution in [0.5, 0.6) is 0 Å². The van der Waals surface area contributed by atoms with E-state index in [1.807, 2.05) is 0 Å². The normalized spacial score (nSPS) is 21.1. The zero-order valence-electron chi connectivity index (χ0n) is 19.1. The maximum absolute atomic E-state index is 5.99. The Morgan fingerprint density at radius 3 is 2.41 bits per heavy atom. The number of hydrogen-bond acceptors (Lipinski definition) is 5. The first-order valence-corrected chi connectivity index (χ1v) is 11.2. The van der Waals surface area contributed by atoms with Gasteiger partial charge in [-0.15, -0.1) is 24.0 Å². The lowest BCUT2D eigenvalue weighted by Gasteiger charge is -2.35. The van der Waals surface area contributed by atoms with Crippen LogP contribution in [0.2, 0.25) is 0 Å². The lowest BCUT2D eigenvalue weighted by molar-refractivity contribution is 0.00989. The maximum Gasteiger partial charge on any atom is 0.193 e. The summed E-state index contributed by atoms with van der Waals surface area (Å²) >= 11 is 0. The molecular weight excluding hydrogens is 481 g/mol. The average Bonchev–Trinajstić information content (AvgIpc) is 2.71. The monoisotopic (exact) mass is 525 g/mol. The highest BCUT2D eigenvalue weighted by Gasteiger charge is 2.22. The number of hydrogen-bond donors (Lipinski definition) is 1. The van der Waals surface area contributed by atoms with Crippen molar-refractivity contribution in [2.45, 2.75) is 39.2 Å². The molecule has 0 aromatic heterocycles. The van der Waals surface area contributed by atoms with E-state index in [4.69, 9.17) is 14.5 Å². The molecule has 1 unspecified atom stereocenters. The number of halogens is 1. The van der Waals surface area contributed by atoms with Crippen LogP contribution >= 0.6 is 24.0 Å². The Morgan fingerprint density at radius 2 is 1.79 bits per heavy atom. The second kappa shape index (κ2) is 15.6. The van der Waals surface area contributed by atoms with Gasteiger partial charge in [0, 0.05) is 79.2 Å². The average molecular weight is 526 g/mol. The van der Waals surface area contributed by atoms with Crippen LogP contribution in [0.15, 0.2) is 4.99 Å². The Morgan fingerprint density at radius 1 is 1.10 bits per heavy atom. The zero-order chi connectivity index (χ0) is 20.2. The van der Waals surface area contributed by atoms with Crippen LogP contribution in [0.25, 0.3) is 0 Å². The van der Waals surface area contributed by atoms with Crippen molar-refractivity contribution in [3.05, 3.63) is 0 Å². The van der Waals surface area contributed by atoms with Crippen molar-refractivity contribution in [1.82, 2.24) is 20.0 Å². The summed E-state index contributed by atoms with van der Waals surface area (Å²) in [6.45, 7) is 15.8. The summed E-state index contributed by atoms with van der Waals surface area (Å²) in [6, 6.07) is 0. The van der Waals surface area contributed by atoms with Crippen LogP contribution < -0.4 is 5.32 Å². The molecule has 0 aliphatic carbocycles. The number of guanidine groups is 1. The van der Waals surface area contributed by atoms with Crippen LogP contribution in [-0.4, -0.2) is 113 Å². The highest BCUT2D eigenvalue weighted by molar-refractivity contribution is 14.0. The Kier molecular flexibility index (Phi) is 14.5. The van der Waals surface area contributed by atoms with Gasteiger partial charge >= 0.3 is 0 Å². The summed E-state index contributed by atoms with van der Waals surface area (Å²) in [6.07, 6.45) is 3.52. The van der Waals surface area contributed by atoms with Crippen LogP contribution in [-0.2, 0) is 9.47 Å². The molecule has 29 heavy (non-hydrogen) atoms. The topological polar surface area (TPSA) is 52.6 Å². The van der Waals surface area contributed by atoms with E-state index in [-0.39, 0.29) is 24.0 Å². The molecule has 7 nitrogen and oxygen atoms in total. The molecule has 2 aliphatic heterocycles. The van der Waals surface area contributed by atoms with Crippen molar-refractivity contribution in [3.63, 3.8) is 0 Å². The lowest BCUT2D eigenvalue weighted by Crippen LogP contribution is -2.47. The summed E-state index contributed by atoms with van der Waals surface area (Å²) in [5, 5.41) is 3.49. The molecule has 0 aromatic carbocycles. The molecule has 2 rings (SSSR count). The fourth-order valence-corrected chi connectivity index (χ4v) is 3.88. The van der Waals surface area contributed by atoms with Crippen molar-refractivity contribution in [1.29, 1.82) is 0 Å². The second-order valence-electron chi connectivity index (χ2n) is 8.31. The minimum Gasteiger partial charge on any atom is -0.385 e. The number of nitrogens with one attached hydrogen (secondary N) is 1. The molecule has 0 amide bonds. The molecule has 0 saturated carbocycles. The standard InChI is InChI=1S/C21H43N5O2.HI/c1-5-22-21(23-17-19(2)18-25-13-11-24(3)12-14-25)26-9-7-20(8-10-26)28-16-6-15-27-4;/h19-20H,5-18H2,1-4H3,(H,22,23);1H. The van der Waals surface area contributed by atoms with E-state index in [2.05, 4.69) is 40.9 Å². The van der Waals surface area contributed by atoms with E-state index in [9.17, 15) is 0 Å². The highest BCUT2D eigenvalue weighted by Crippen LogP contribution is 2.14. The van der Waals surface area contributed by atoms with Crippen LogP contribution in [0.4, 0.5) is 0 Å². The van der Waals surface area contributed by atoms with Crippen LogP contribution in [0, 0.1) is 5.92 Å². The fraction of sp³-hybridized carbons (Fsp3) is 0.952. The molecule has 2 saturated heterocycles. The van der Waals surface area contributed by atoms with Crippen molar-refractivity contribution in [2.75, 3.05) is 86.3 Å². The Hall–Kier alpha value is -0.160. The molecule has 172 valence electrons. The number of piperazine rings is 1. The van der Waals surface area contributed by atoms with Gasteiger partial charge in [-0.1, -0.05) is 6.92 Å². The third kappa shape index (κ3) is 10.6. The largest absolute Gasteiger partial charge is 0.385 e. The second-order valence-corrected chi connectivity index (χ2v) is 8.31. The van der Waals surface area contributed by atoms with Crippen molar-refractivity contribution < 1.29 is 9.47 Å². The number of piperidine rings is 1. The predicted octanol–water partition coefficient (Wildman–Crippen LogP) is 1.97. The SMILES string of the molecule is CCNC(=NCC(C)CN1CCN(C)CC1)N1CCC(OCCCOC)CC1.I. The molecule has 0 spiro atoms. The zero-order valence-corrected chi connectivity index (χ0v) is 21.4. The number of likely N-dealkylation sites (tertiary alicyclic amines) is 1. The third-order valence-corrected chi connectivity index (χ3v) is 5.64. The molecule has 1 N–H and O–H groups in total. The van der Waals surface area contributed by atoms with Gasteiger partial charge in [0.25, 0.3) is 0 Å². The maximum atomic E-state index is 5.99. The van der Waals surface area contributed by atoms with E-state index >= 15 is 0 Å². The van der Waals surface area contributed by atoms with Crippen molar-refractivity contribution >= 4 is 29.9 Å². The minimum absolute atomic E-state index is 0. The lowest BCUT2D eigenvalue weighted by atomic mass is 10.1. The van der Waals surface area contributed by atoms with Gasteiger partial charge in [0.2, 0.25) is 0 Å². The smallest absolute Gasteiger partial charge is 0.193 e. The van der Waals surface area contributed by atoms with Crippen molar-refractivity contribution in [2.24, 2.45) is 10.9 Å². The molecule has 1 atom stereocenters. The first-order valence-electron chi connectivity index (χ1n) is 11.2. The summed E-state index contributed by atoms with van der Waals surface area (Å²) in [5.41, 5.74) is 0. The predicted molar refractivity (Wildman–Crippen MR) is 132 cm³/mol. The number of ether oxygens (including phenoxy) is 2. The highest BCUT2D eigenvalue weighted by atomic mass is 127. The Labute approximate surface area is 195 Å². The molecule has 2 aliphatic rings. The van der Waals surface area contributed by atoms with Gasteiger partial charge in [0.05, 0.1) is 6.10 Å². The first-order chi connectivity index (χ1) is 13.6. The van der Waals surface area contributed by atoms with Gasteiger partial charge in [-0.2, -0.15) is 0 Å². The van der Waals surface area contributed by atoms with Crippen LogP contribution in [0.3, 0.4) is 0 Å². The molecule has 8 heteroatoms. The van der Waals surface area contributed by atoms with E-state index in [0.717, 1.165) is 71.2 Å². The van der Waals surface area contributed by atoms with Gasteiger partial charge in [-0.3, -0.25) is 4.99 Å². The number of rotatable bonds is 10. The van der Waals surface area contributed by atoms with Gasteiger partial charge in [-0.05, 0) is 39.2 Å². The van der Waals surface area contributed by atoms with Crippen LogP contribution in [0.1, 0.15) is 33.1 Å². The van der Waals surface area contributed by atoms with Crippen molar-refractivity contribution in [3.8, 4) is 0 Å². The third-order valence-electron chi connectivity index (χ3n) is 5.64. The van der Waals surface area contributed by atoms with E-state index in [1.165, 1.54) is 26.2 Å². The number of methoxy groups -OCH3 is 1. The number of likely N-dealkylation sites (N-methyl/N-ethyl adjacent to an activating group) is 1. The molecule has 0 aromatic rings. The van der Waals surface area contributed by atoms with E-state index in [0.29, 0.717) is 12.0 Å². The Bertz CT molecular complexity index is 439. The molecular formula is C21H44IN5O2.